The standard InChI is InChI=1S/C14H22ClN3O2S/c1-11(2)10-17-5-7-18(8-6-17)21(19,20)14-4-3-12(16)9-13(14)15/h3-4,9,11H,5-8,10,16H2,1-2H3. The minimum absolute atomic E-state index is 0.135. The van der Waals surface area contributed by atoms with Gasteiger partial charge in [-0.2, -0.15) is 4.31 Å². The normalized spacial score (nSPS) is 18.3. The second kappa shape index (κ2) is 6.52. The molecular formula is C14H22ClN3O2S. The summed E-state index contributed by atoms with van der Waals surface area (Å²) >= 11 is 6.03. The van der Waals surface area contributed by atoms with Crippen molar-refractivity contribution in [2.24, 2.45) is 5.92 Å². The quantitative estimate of drug-likeness (QED) is 0.855. The van der Waals surface area contributed by atoms with E-state index in [1.54, 1.807) is 6.07 Å². The summed E-state index contributed by atoms with van der Waals surface area (Å²) in [5.74, 6) is 0.583. The number of nitrogens with zero attached hydrogens (tertiary/aromatic N) is 2. The van der Waals surface area contributed by atoms with Gasteiger partial charge in [-0.25, -0.2) is 8.42 Å². The van der Waals surface area contributed by atoms with E-state index in [2.05, 4.69) is 18.7 Å². The summed E-state index contributed by atoms with van der Waals surface area (Å²) in [6.45, 7) is 7.82. The highest BCUT2D eigenvalue weighted by Crippen LogP contribution is 2.27. The molecule has 0 unspecified atom stereocenters. The highest BCUT2D eigenvalue weighted by atomic mass is 35.5. The molecule has 1 saturated heterocycles. The van der Waals surface area contributed by atoms with Crippen LogP contribution in [0.2, 0.25) is 5.02 Å². The molecule has 1 aliphatic rings. The van der Waals surface area contributed by atoms with Crippen molar-refractivity contribution in [2.75, 3.05) is 38.5 Å². The molecule has 118 valence electrons. The van der Waals surface area contributed by atoms with Gasteiger partial charge >= 0.3 is 0 Å². The highest BCUT2D eigenvalue weighted by molar-refractivity contribution is 7.89. The summed E-state index contributed by atoms with van der Waals surface area (Å²) in [7, 11) is -3.54. The molecule has 7 heteroatoms. The first kappa shape index (κ1) is 16.5. The van der Waals surface area contributed by atoms with Crippen molar-refractivity contribution in [3.63, 3.8) is 0 Å². The largest absolute Gasteiger partial charge is 0.399 e. The van der Waals surface area contributed by atoms with Crippen molar-refractivity contribution in [3.8, 4) is 0 Å². The Balaban J connectivity index is 2.11. The molecule has 21 heavy (non-hydrogen) atoms. The monoisotopic (exact) mass is 331 g/mol. The molecule has 0 atom stereocenters. The molecule has 1 aliphatic heterocycles. The lowest BCUT2D eigenvalue weighted by atomic mass is 10.2. The van der Waals surface area contributed by atoms with Crippen LogP contribution in [0.4, 0.5) is 5.69 Å². The third-order valence-electron chi connectivity index (χ3n) is 3.53. The maximum absolute atomic E-state index is 12.6. The summed E-state index contributed by atoms with van der Waals surface area (Å²) in [6.07, 6.45) is 0. The van der Waals surface area contributed by atoms with Crippen LogP contribution in [0.25, 0.3) is 0 Å². The molecule has 2 N–H and O–H groups in total. The molecule has 0 bridgehead atoms. The molecule has 1 fully saturated rings. The Labute approximate surface area is 131 Å². The molecule has 0 amide bonds. The molecule has 0 aliphatic carbocycles. The summed E-state index contributed by atoms with van der Waals surface area (Å²) in [6, 6.07) is 4.52. The van der Waals surface area contributed by atoms with Crippen LogP contribution in [0, 0.1) is 5.92 Å². The van der Waals surface area contributed by atoms with Crippen molar-refractivity contribution < 1.29 is 8.42 Å². The smallest absolute Gasteiger partial charge is 0.244 e. The number of halogens is 1. The van der Waals surface area contributed by atoms with Crippen molar-refractivity contribution >= 4 is 27.3 Å². The summed E-state index contributed by atoms with van der Waals surface area (Å²) in [5.41, 5.74) is 6.07. The van der Waals surface area contributed by atoms with E-state index in [1.807, 2.05) is 0 Å². The number of benzene rings is 1. The molecule has 2 rings (SSSR count). The van der Waals surface area contributed by atoms with Crippen LogP contribution < -0.4 is 5.73 Å². The second-order valence-corrected chi connectivity index (χ2v) is 8.10. The second-order valence-electron chi connectivity index (χ2n) is 5.79. The maximum Gasteiger partial charge on any atom is 0.244 e. The topological polar surface area (TPSA) is 66.6 Å². The van der Waals surface area contributed by atoms with Gasteiger partial charge in [0.2, 0.25) is 10.0 Å². The molecule has 1 heterocycles. The first-order valence-corrected chi connectivity index (χ1v) is 8.90. The lowest BCUT2D eigenvalue weighted by Crippen LogP contribution is -2.49. The number of sulfonamides is 1. The van der Waals surface area contributed by atoms with Gasteiger partial charge in [-0.3, -0.25) is 0 Å². The molecule has 1 aromatic carbocycles. The fraction of sp³-hybridized carbons (Fsp3) is 0.571. The average Bonchev–Trinajstić information content (AvgIpc) is 2.38. The van der Waals surface area contributed by atoms with E-state index in [4.69, 9.17) is 17.3 Å². The lowest BCUT2D eigenvalue weighted by molar-refractivity contribution is 0.172. The van der Waals surface area contributed by atoms with Gasteiger partial charge in [0, 0.05) is 38.4 Å². The third kappa shape index (κ3) is 3.88. The molecule has 0 spiro atoms. The van der Waals surface area contributed by atoms with E-state index < -0.39 is 10.0 Å². The summed E-state index contributed by atoms with van der Waals surface area (Å²) in [5, 5.41) is 0.180. The summed E-state index contributed by atoms with van der Waals surface area (Å²) in [4.78, 5) is 2.43. The molecule has 0 aromatic heterocycles. The van der Waals surface area contributed by atoms with E-state index in [0.29, 0.717) is 24.7 Å². The lowest BCUT2D eigenvalue weighted by Gasteiger charge is -2.34. The van der Waals surface area contributed by atoms with Gasteiger partial charge in [-0.05, 0) is 24.1 Å². The van der Waals surface area contributed by atoms with Crippen molar-refractivity contribution in [1.29, 1.82) is 0 Å². The maximum atomic E-state index is 12.6. The molecule has 0 saturated carbocycles. The minimum Gasteiger partial charge on any atom is -0.399 e. The van der Waals surface area contributed by atoms with E-state index >= 15 is 0 Å². The van der Waals surface area contributed by atoms with Gasteiger partial charge < -0.3 is 10.6 Å². The Morgan fingerprint density at radius 2 is 1.86 bits per heavy atom. The Hall–Kier alpha value is -0.820. The van der Waals surface area contributed by atoms with E-state index in [-0.39, 0.29) is 9.92 Å². The van der Waals surface area contributed by atoms with Gasteiger partial charge in [0.25, 0.3) is 0 Å². The zero-order valence-corrected chi connectivity index (χ0v) is 14.0. The predicted octanol–water partition coefficient (Wildman–Crippen LogP) is 1.88. The van der Waals surface area contributed by atoms with Gasteiger partial charge in [0.05, 0.1) is 5.02 Å². The number of nitrogens with two attached hydrogens (primary N) is 1. The van der Waals surface area contributed by atoms with Gasteiger partial charge in [-0.1, -0.05) is 25.4 Å². The van der Waals surface area contributed by atoms with Crippen LogP contribution >= 0.6 is 11.6 Å². The van der Waals surface area contributed by atoms with Crippen LogP contribution in [0.15, 0.2) is 23.1 Å². The fourth-order valence-corrected chi connectivity index (χ4v) is 4.48. The highest BCUT2D eigenvalue weighted by Gasteiger charge is 2.30. The first-order valence-electron chi connectivity index (χ1n) is 7.08. The number of piperazine rings is 1. The third-order valence-corrected chi connectivity index (χ3v) is 5.91. The Morgan fingerprint density at radius 3 is 2.38 bits per heavy atom. The van der Waals surface area contributed by atoms with Crippen molar-refractivity contribution in [1.82, 2.24) is 9.21 Å². The number of hydrogen-bond acceptors (Lipinski definition) is 4. The SMILES string of the molecule is CC(C)CN1CCN(S(=O)(=O)c2ccc(N)cc2Cl)CC1. The van der Waals surface area contributed by atoms with Crippen molar-refractivity contribution in [3.05, 3.63) is 23.2 Å². The number of anilines is 1. The van der Waals surface area contributed by atoms with Gasteiger partial charge in [0.15, 0.2) is 0 Å². The number of nitrogen functional groups attached to an aromatic ring is 1. The van der Waals surface area contributed by atoms with E-state index in [1.165, 1.54) is 16.4 Å². The van der Waals surface area contributed by atoms with Crippen LogP contribution in [0.3, 0.4) is 0 Å². The molecule has 5 nitrogen and oxygen atoms in total. The van der Waals surface area contributed by atoms with Crippen LogP contribution in [-0.4, -0.2) is 50.3 Å². The van der Waals surface area contributed by atoms with Crippen LogP contribution in [-0.2, 0) is 10.0 Å². The van der Waals surface area contributed by atoms with E-state index in [0.717, 1.165) is 19.6 Å². The minimum atomic E-state index is -3.54. The molecular weight excluding hydrogens is 310 g/mol. The Kier molecular flexibility index (Phi) is 5.14. The predicted molar refractivity (Wildman–Crippen MR) is 85.9 cm³/mol. The summed E-state index contributed by atoms with van der Waals surface area (Å²) < 4.78 is 26.8. The van der Waals surface area contributed by atoms with Crippen LogP contribution in [0.1, 0.15) is 13.8 Å². The molecule has 0 radical (unpaired) electrons. The first-order chi connectivity index (χ1) is 9.80. The van der Waals surface area contributed by atoms with Gasteiger partial charge in [-0.15, -0.1) is 0 Å². The van der Waals surface area contributed by atoms with Crippen LogP contribution in [0.5, 0.6) is 0 Å². The zero-order valence-electron chi connectivity index (χ0n) is 12.4. The number of hydrogen-bond donors (Lipinski definition) is 1. The Morgan fingerprint density at radius 1 is 1.24 bits per heavy atom. The molecule has 1 aromatic rings. The number of rotatable bonds is 4. The van der Waals surface area contributed by atoms with Gasteiger partial charge in [0.1, 0.15) is 4.90 Å². The fourth-order valence-electron chi connectivity index (χ4n) is 2.53. The zero-order chi connectivity index (χ0) is 15.6. The Bertz CT molecular complexity index is 596. The van der Waals surface area contributed by atoms with Crippen molar-refractivity contribution in [2.45, 2.75) is 18.7 Å². The van der Waals surface area contributed by atoms with E-state index in [9.17, 15) is 8.42 Å². The average molecular weight is 332 g/mol.